The molecule has 1 fully saturated rings. The summed E-state index contributed by atoms with van der Waals surface area (Å²) in [6.45, 7) is 0.174. The predicted octanol–water partition coefficient (Wildman–Crippen LogP) is 6.98. The van der Waals surface area contributed by atoms with Crippen molar-refractivity contribution in [3.63, 3.8) is 0 Å². The van der Waals surface area contributed by atoms with E-state index in [1.54, 1.807) is 18.2 Å². The van der Waals surface area contributed by atoms with E-state index >= 15 is 0 Å². The number of hydrogen-bond donors (Lipinski definition) is 1. The second-order valence-corrected chi connectivity index (χ2v) is 10.8. The third-order valence-corrected chi connectivity index (χ3v) is 7.60. The number of benzene rings is 4. The first-order chi connectivity index (χ1) is 20.7. The van der Waals surface area contributed by atoms with Crippen molar-refractivity contribution >= 4 is 63.3 Å². The van der Waals surface area contributed by atoms with Gasteiger partial charge in [-0.25, -0.2) is 4.39 Å². The molecule has 9 nitrogen and oxygen atoms in total. The zero-order valence-electron chi connectivity index (χ0n) is 22.5. The zero-order chi connectivity index (χ0) is 30.5. The lowest BCUT2D eigenvalue weighted by Crippen LogP contribution is -2.27. The third-order valence-electron chi connectivity index (χ3n) is 6.30. The highest BCUT2D eigenvalue weighted by Gasteiger charge is 2.34. The molecule has 0 bridgehead atoms. The van der Waals surface area contributed by atoms with Crippen LogP contribution in [0.1, 0.15) is 21.5 Å². The van der Waals surface area contributed by atoms with E-state index in [1.165, 1.54) is 60.6 Å². The Kier molecular flexibility index (Phi) is 8.79. The fourth-order valence-corrected chi connectivity index (χ4v) is 5.49. The minimum absolute atomic E-state index is 0.127. The lowest BCUT2D eigenvalue weighted by Gasteiger charge is -2.15. The van der Waals surface area contributed by atoms with E-state index in [4.69, 9.17) is 21.7 Å². The molecule has 0 aromatic heterocycles. The van der Waals surface area contributed by atoms with Crippen LogP contribution in [0.15, 0.2) is 95.9 Å². The van der Waals surface area contributed by atoms with Crippen molar-refractivity contribution in [3.05, 3.63) is 129 Å². The number of halogens is 1. The molecule has 4 aromatic rings. The molecule has 1 aliphatic rings. The number of ether oxygens (including phenoxy) is 2. The molecule has 43 heavy (non-hydrogen) atoms. The summed E-state index contributed by atoms with van der Waals surface area (Å²) in [7, 11) is 1.42. The number of amides is 2. The number of methoxy groups -OCH3 is 1. The van der Waals surface area contributed by atoms with Gasteiger partial charge in [0.05, 0.1) is 34.3 Å². The van der Waals surface area contributed by atoms with Crippen molar-refractivity contribution < 1.29 is 28.4 Å². The normalized spacial score (nSPS) is 13.7. The molecule has 5 rings (SSSR count). The summed E-state index contributed by atoms with van der Waals surface area (Å²) in [6.07, 6.45) is 1.38. The topological polar surface area (TPSA) is 111 Å². The average Bonchev–Trinajstić information content (AvgIpc) is 3.29. The molecule has 1 heterocycles. The monoisotopic (exact) mass is 615 g/mol. The largest absolute Gasteiger partial charge is 0.493 e. The highest BCUT2D eigenvalue weighted by atomic mass is 32.2. The van der Waals surface area contributed by atoms with Gasteiger partial charge in [0.15, 0.2) is 15.8 Å². The van der Waals surface area contributed by atoms with Crippen molar-refractivity contribution in [1.82, 2.24) is 0 Å². The van der Waals surface area contributed by atoms with E-state index in [9.17, 15) is 24.1 Å². The summed E-state index contributed by atoms with van der Waals surface area (Å²) in [4.78, 5) is 39.1. The van der Waals surface area contributed by atoms with Crippen molar-refractivity contribution in [1.29, 1.82) is 0 Å². The molecule has 0 radical (unpaired) electrons. The van der Waals surface area contributed by atoms with Gasteiger partial charge in [-0.15, -0.1) is 0 Å². The number of thioether (sulfide) groups is 1. The Bertz CT molecular complexity index is 1760. The molecule has 0 saturated carbocycles. The maximum absolute atomic E-state index is 13.5. The minimum Gasteiger partial charge on any atom is -0.493 e. The van der Waals surface area contributed by atoms with Gasteiger partial charge in [0, 0.05) is 11.3 Å². The van der Waals surface area contributed by atoms with E-state index < -0.39 is 22.6 Å². The second-order valence-electron chi connectivity index (χ2n) is 9.12. The summed E-state index contributed by atoms with van der Waals surface area (Å²) in [5, 5.41) is 14.7. The summed E-state index contributed by atoms with van der Waals surface area (Å²) in [6, 6.07) is 23.6. The Morgan fingerprint density at radius 1 is 1.05 bits per heavy atom. The third kappa shape index (κ3) is 6.71. The SMILES string of the molecule is COc1cc(/C=C2/SC(=S)N(c3cccc(C(=O)Nc4ccc(F)cc4)c3)C2=O)c([N+](=O)[O-])cc1OCc1ccccc1. The molecule has 4 aromatic carbocycles. The van der Waals surface area contributed by atoms with Gasteiger partial charge in [-0.05, 0) is 60.2 Å². The number of hydrogen-bond acceptors (Lipinski definition) is 8. The van der Waals surface area contributed by atoms with Gasteiger partial charge in [-0.2, -0.15) is 0 Å². The molecule has 216 valence electrons. The highest BCUT2D eigenvalue weighted by molar-refractivity contribution is 8.27. The van der Waals surface area contributed by atoms with Crippen LogP contribution >= 0.6 is 24.0 Å². The number of carbonyl (C=O) groups is 2. The van der Waals surface area contributed by atoms with Crippen LogP contribution in [0.25, 0.3) is 6.08 Å². The Morgan fingerprint density at radius 2 is 1.79 bits per heavy atom. The van der Waals surface area contributed by atoms with Crippen molar-refractivity contribution in [2.24, 2.45) is 0 Å². The van der Waals surface area contributed by atoms with E-state index in [0.29, 0.717) is 11.4 Å². The highest BCUT2D eigenvalue weighted by Crippen LogP contribution is 2.40. The lowest BCUT2D eigenvalue weighted by atomic mass is 10.1. The standard InChI is InChI=1S/C31H22FN3O6S2/c1-40-26-15-21(25(35(38)39)17-27(26)41-18-19-6-3-2-4-7-19)16-28-30(37)34(31(42)43-28)24-9-5-8-20(14-24)29(36)33-23-12-10-22(32)11-13-23/h2-17H,18H2,1H3,(H,33,36)/b28-16+. The summed E-state index contributed by atoms with van der Waals surface area (Å²) in [5.74, 6) is -0.976. The van der Waals surface area contributed by atoms with Crippen LogP contribution in [0.5, 0.6) is 11.5 Å². The Hall–Kier alpha value is -5.07. The van der Waals surface area contributed by atoms with Crippen molar-refractivity contribution in [2.75, 3.05) is 17.3 Å². The fourth-order valence-electron chi connectivity index (χ4n) is 4.20. The van der Waals surface area contributed by atoms with E-state index in [1.807, 2.05) is 30.3 Å². The molecular weight excluding hydrogens is 593 g/mol. The molecule has 0 unspecified atom stereocenters. The number of nitro groups is 1. The van der Waals surface area contributed by atoms with Gasteiger partial charge in [-0.3, -0.25) is 24.6 Å². The summed E-state index contributed by atoms with van der Waals surface area (Å²) in [5.41, 5.74) is 1.70. The second kappa shape index (κ2) is 12.8. The van der Waals surface area contributed by atoms with Crippen LogP contribution in [0.2, 0.25) is 0 Å². The zero-order valence-corrected chi connectivity index (χ0v) is 24.1. The molecule has 0 atom stereocenters. The van der Waals surface area contributed by atoms with E-state index in [-0.39, 0.29) is 44.1 Å². The molecule has 0 aliphatic carbocycles. The van der Waals surface area contributed by atoms with Crippen LogP contribution in [0.4, 0.5) is 21.5 Å². The number of rotatable bonds is 9. The maximum atomic E-state index is 13.5. The number of nitrogens with one attached hydrogen (secondary N) is 1. The molecule has 0 spiro atoms. The van der Waals surface area contributed by atoms with Crippen LogP contribution in [-0.2, 0) is 11.4 Å². The molecular formula is C31H22FN3O6S2. The molecule has 1 saturated heterocycles. The van der Waals surface area contributed by atoms with Crippen LogP contribution in [0.3, 0.4) is 0 Å². The fraction of sp³-hybridized carbons (Fsp3) is 0.0645. The van der Waals surface area contributed by atoms with Crippen LogP contribution in [0, 0.1) is 15.9 Å². The summed E-state index contributed by atoms with van der Waals surface area (Å²) < 4.78 is 24.6. The van der Waals surface area contributed by atoms with Crippen molar-refractivity contribution in [2.45, 2.75) is 6.61 Å². The Balaban J connectivity index is 1.40. The van der Waals surface area contributed by atoms with Crippen molar-refractivity contribution in [3.8, 4) is 11.5 Å². The number of thiocarbonyl (C=S) groups is 1. The predicted molar refractivity (Wildman–Crippen MR) is 167 cm³/mol. The number of nitrogens with zero attached hydrogens (tertiary/aromatic N) is 2. The van der Waals surface area contributed by atoms with Gasteiger partial charge in [0.2, 0.25) is 0 Å². The van der Waals surface area contributed by atoms with Gasteiger partial charge in [0.25, 0.3) is 17.5 Å². The molecule has 1 aliphatic heterocycles. The van der Waals surface area contributed by atoms with E-state index in [0.717, 1.165) is 17.3 Å². The first kappa shape index (κ1) is 29.4. The maximum Gasteiger partial charge on any atom is 0.280 e. The molecule has 12 heteroatoms. The van der Waals surface area contributed by atoms with Gasteiger partial charge in [0.1, 0.15) is 12.4 Å². The van der Waals surface area contributed by atoms with Crippen LogP contribution < -0.4 is 19.7 Å². The van der Waals surface area contributed by atoms with Gasteiger partial charge >= 0.3 is 0 Å². The minimum atomic E-state index is -0.565. The lowest BCUT2D eigenvalue weighted by molar-refractivity contribution is -0.385. The van der Waals surface area contributed by atoms with E-state index in [2.05, 4.69) is 5.32 Å². The number of nitro benzene ring substituents is 1. The number of anilines is 2. The van der Waals surface area contributed by atoms with Crippen LogP contribution in [-0.4, -0.2) is 28.2 Å². The Labute approximate surface area is 255 Å². The smallest absolute Gasteiger partial charge is 0.280 e. The average molecular weight is 616 g/mol. The first-order valence-electron chi connectivity index (χ1n) is 12.7. The summed E-state index contributed by atoms with van der Waals surface area (Å²) >= 11 is 6.44. The van der Waals surface area contributed by atoms with Gasteiger partial charge < -0.3 is 14.8 Å². The first-order valence-corrected chi connectivity index (χ1v) is 13.9. The quantitative estimate of drug-likeness (QED) is 0.0930. The Morgan fingerprint density at radius 3 is 2.49 bits per heavy atom. The molecule has 1 N–H and O–H groups in total. The molecule has 2 amide bonds. The number of carbonyl (C=O) groups excluding carboxylic acids is 2. The van der Waals surface area contributed by atoms with Gasteiger partial charge in [-0.1, -0.05) is 60.4 Å².